The number of benzene rings is 2. The molecule has 1 unspecified atom stereocenters. The summed E-state index contributed by atoms with van der Waals surface area (Å²) in [7, 11) is 0. The van der Waals surface area contributed by atoms with Crippen molar-refractivity contribution in [1.82, 2.24) is 0 Å². The average molecular weight is 384 g/mol. The van der Waals surface area contributed by atoms with Gasteiger partial charge in [0.05, 0.1) is 5.54 Å². The van der Waals surface area contributed by atoms with Gasteiger partial charge in [0, 0.05) is 12.2 Å². The molecule has 0 bridgehead atoms. The number of halogens is 2. The molecule has 1 amide bonds. The fourth-order valence-corrected chi connectivity index (χ4v) is 2.42. The minimum Gasteiger partial charge on any atom is -0.385 e. The first kappa shape index (κ1) is 23.2. The molecule has 0 aliphatic carbocycles. The van der Waals surface area contributed by atoms with E-state index in [2.05, 4.69) is 29.6 Å². The Morgan fingerprint density at radius 2 is 1.60 bits per heavy atom. The van der Waals surface area contributed by atoms with Gasteiger partial charge in [0.25, 0.3) is 0 Å². The van der Waals surface area contributed by atoms with Crippen molar-refractivity contribution in [1.29, 1.82) is 0 Å². The quantitative estimate of drug-likeness (QED) is 0.611. The van der Waals surface area contributed by atoms with E-state index in [0.717, 1.165) is 30.6 Å². The standard InChI is InChI=1S/C19H25N3O.2ClH/c1-19(21,18(20)23)14-16-9-11-17(12-10-16)22-13-5-8-15-6-3-2-4-7-15;;/h2-4,6-7,9-12,22H,5,8,13-14,21H2,1H3,(H2,20,23);2*1H. The van der Waals surface area contributed by atoms with E-state index in [0.29, 0.717) is 6.42 Å². The molecule has 2 rings (SSSR count). The van der Waals surface area contributed by atoms with Crippen molar-refractivity contribution in [2.24, 2.45) is 11.5 Å². The third-order valence-corrected chi connectivity index (χ3v) is 3.90. The number of rotatable bonds is 8. The van der Waals surface area contributed by atoms with Gasteiger partial charge in [-0.3, -0.25) is 4.79 Å². The van der Waals surface area contributed by atoms with Gasteiger partial charge >= 0.3 is 0 Å². The highest BCUT2D eigenvalue weighted by atomic mass is 35.5. The molecule has 0 saturated carbocycles. The Hall–Kier alpha value is -1.75. The van der Waals surface area contributed by atoms with Gasteiger partial charge < -0.3 is 16.8 Å². The molecular weight excluding hydrogens is 357 g/mol. The van der Waals surface area contributed by atoms with E-state index in [1.807, 2.05) is 30.3 Å². The van der Waals surface area contributed by atoms with E-state index in [1.165, 1.54) is 5.56 Å². The van der Waals surface area contributed by atoms with Crippen LogP contribution in [0.25, 0.3) is 0 Å². The number of carbonyl (C=O) groups excluding carboxylic acids is 1. The third-order valence-electron chi connectivity index (χ3n) is 3.90. The summed E-state index contributed by atoms with van der Waals surface area (Å²) in [6.45, 7) is 2.58. The van der Waals surface area contributed by atoms with Gasteiger partial charge in [0.1, 0.15) is 0 Å². The summed E-state index contributed by atoms with van der Waals surface area (Å²) in [5.74, 6) is -0.486. The minimum absolute atomic E-state index is 0. The molecule has 0 saturated heterocycles. The van der Waals surface area contributed by atoms with Gasteiger partial charge in [-0.05, 0) is 49.4 Å². The van der Waals surface area contributed by atoms with Crippen LogP contribution in [0.2, 0.25) is 0 Å². The second-order valence-electron chi connectivity index (χ2n) is 6.17. The zero-order chi connectivity index (χ0) is 16.7. The molecule has 2 aromatic rings. The van der Waals surface area contributed by atoms with Crippen molar-refractivity contribution in [3.05, 3.63) is 65.7 Å². The summed E-state index contributed by atoms with van der Waals surface area (Å²) in [5, 5.41) is 3.40. The van der Waals surface area contributed by atoms with Crippen molar-refractivity contribution in [3.63, 3.8) is 0 Å². The Labute approximate surface area is 162 Å². The summed E-state index contributed by atoms with van der Waals surface area (Å²) in [4.78, 5) is 11.3. The molecule has 0 aromatic heterocycles. The number of nitrogens with two attached hydrogens (primary N) is 2. The molecule has 0 radical (unpaired) electrons. The van der Waals surface area contributed by atoms with Crippen LogP contribution in [-0.4, -0.2) is 18.0 Å². The van der Waals surface area contributed by atoms with Gasteiger partial charge in [-0.1, -0.05) is 42.5 Å². The fraction of sp³-hybridized carbons (Fsp3) is 0.316. The van der Waals surface area contributed by atoms with Crippen LogP contribution in [0, 0.1) is 0 Å². The van der Waals surface area contributed by atoms with Crippen molar-refractivity contribution < 1.29 is 4.79 Å². The largest absolute Gasteiger partial charge is 0.385 e. The van der Waals surface area contributed by atoms with Crippen LogP contribution in [0.3, 0.4) is 0 Å². The molecule has 6 heteroatoms. The van der Waals surface area contributed by atoms with Crippen molar-refractivity contribution in [3.8, 4) is 0 Å². The summed E-state index contributed by atoms with van der Waals surface area (Å²) < 4.78 is 0. The zero-order valence-electron chi connectivity index (χ0n) is 14.4. The van der Waals surface area contributed by atoms with Crippen LogP contribution in [0.4, 0.5) is 5.69 Å². The fourth-order valence-electron chi connectivity index (χ4n) is 2.42. The van der Waals surface area contributed by atoms with E-state index in [-0.39, 0.29) is 24.8 Å². The average Bonchev–Trinajstić information content (AvgIpc) is 2.54. The lowest BCUT2D eigenvalue weighted by molar-refractivity contribution is -0.122. The summed E-state index contributed by atoms with van der Waals surface area (Å²) >= 11 is 0. The molecule has 2 aromatic carbocycles. The molecule has 4 nitrogen and oxygen atoms in total. The number of aryl methyl sites for hydroxylation is 1. The van der Waals surface area contributed by atoms with Crippen molar-refractivity contribution in [2.75, 3.05) is 11.9 Å². The van der Waals surface area contributed by atoms with Gasteiger partial charge in [0.15, 0.2) is 0 Å². The first-order valence-electron chi connectivity index (χ1n) is 7.93. The first-order chi connectivity index (χ1) is 11.0. The smallest absolute Gasteiger partial charge is 0.237 e. The maximum atomic E-state index is 11.3. The molecule has 5 N–H and O–H groups in total. The van der Waals surface area contributed by atoms with E-state index >= 15 is 0 Å². The normalized spacial score (nSPS) is 12.2. The van der Waals surface area contributed by atoms with Crippen molar-refractivity contribution >= 4 is 36.4 Å². The minimum atomic E-state index is -1.01. The maximum absolute atomic E-state index is 11.3. The van der Waals surface area contributed by atoms with Gasteiger partial charge in [-0.15, -0.1) is 24.8 Å². The number of anilines is 1. The third kappa shape index (κ3) is 7.78. The Bertz CT molecular complexity index is 631. The van der Waals surface area contributed by atoms with E-state index in [4.69, 9.17) is 11.5 Å². The predicted octanol–water partition coefficient (Wildman–Crippen LogP) is 3.32. The van der Waals surface area contributed by atoms with Gasteiger partial charge in [0.2, 0.25) is 5.91 Å². The zero-order valence-corrected chi connectivity index (χ0v) is 16.0. The molecule has 0 fully saturated rings. The highest BCUT2D eigenvalue weighted by molar-refractivity contribution is 5.85. The number of carbonyl (C=O) groups is 1. The number of primary amides is 1. The summed E-state index contributed by atoms with van der Waals surface area (Å²) in [5.41, 5.74) is 13.6. The number of hydrogen-bond donors (Lipinski definition) is 3. The molecular formula is C19H27Cl2N3O. The molecule has 25 heavy (non-hydrogen) atoms. The molecule has 0 aliphatic rings. The lowest BCUT2D eigenvalue weighted by Gasteiger charge is -2.20. The Balaban J connectivity index is 0.00000288. The van der Waals surface area contributed by atoms with Crippen LogP contribution in [0.1, 0.15) is 24.5 Å². The molecule has 0 heterocycles. The second kappa shape index (κ2) is 11.0. The molecule has 0 aliphatic heterocycles. The van der Waals surface area contributed by atoms with Crippen LogP contribution in [-0.2, 0) is 17.6 Å². The molecule has 138 valence electrons. The SMILES string of the molecule is CC(N)(Cc1ccc(NCCCc2ccccc2)cc1)C(N)=O.Cl.Cl. The summed E-state index contributed by atoms with van der Waals surface area (Å²) in [6, 6.07) is 18.4. The monoisotopic (exact) mass is 383 g/mol. The molecule has 0 spiro atoms. The lowest BCUT2D eigenvalue weighted by Crippen LogP contribution is -2.51. The van der Waals surface area contributed by atoms with Crippen LogP contribution in [0.15, 0.2) is 54.6 Å². The predicted molar refractivity (Wildman–Crippen MR) is 110 cm³/mol. The van der Waals surface area contributed by atoms with Gasteiger partial charge in [-0.2, -0.15) is 0 Å². The highest BCUT2D eigenvalue weighted by Gasteiger charge is 2.25. The Morgan fingerprint density at radius 3 is 2.16 bits per heavy atom. The van der Waals surface area contributed by atoms with Gasteiger partial charge in [-0.25, -0.2) is 0 Å². The second-order valence-corrected chi connectivity index (χ2v) is 6.17. The number of amides is 1. The van der Waals surface area contributed by atoms with E-state index in [1.54, 1.807) is 6.92 Å². The Morgan fingerprint density at radius 1 is 1.00 bits per heavy atom. The summed E-state index contributed by atoms with van der Waals surface area (Å²) in [6.07, 6.45) is 2.58. The van der Waals surface area contributed by atoms with Crippen LogP contribution >= 0.6 is 24.8 Å². The maximum Gasteiger partial charge on any atom is 0.237 e. The molecule has 1 atom stereocenters. The van der Waals surface area contributed by atoms with E-state index in [9.17, 15) is 4.79 Å². The van der Waals surface area contributed by atoms with Crippen molar-refractivity contribution in [2.45, 2.75) is 31.7 Å². The number of hydrogen-bond acceptors (Lipinski definition) is 3. The number of nitrogens with one attached hydrogen (secondary N) is 1. The van der Waals surface area contributed by atoms with Crippen LogP contribution < -0.4 is 16.8 Å². The first-order valence-corrected chi connectivity index (χ1v) is 7.93. The van der Waals surface area contributed by atoms with E-state index < -0.39 is 11.4 Å². The topological polar surface area (TPSA) is 81.1 Å². The van der Waals surface area contributed by atoms with Crippen LogP contribution in [0.5, 0.6) is 0 Å². The Kier molecular flexibility index (Phi) is 10.2. The highest BCUT2D eigenvalue weighted by Crippen LogP contribution is 2.14. The lowest BCUT2D eigenvalue weighted by atomic mass is 9.93.